The molecule has 1 amide bonds. The molecule has 10 nitrogen and oxygen atoms in total. The van der Waals surface area contributed by atoms with Crippen molar-refractivity contribution in [2.24, 2.45) is 0 Å². The van der Waals surface area contributed by atoms with E-state index in [1.807, 2.05) is 13.2 Å². The molecule has 0 bridgehead atoms. The van der Waals surface area contributed by atoms with Crippen LogP contribution < -0.4 is 5.32 Å². The van der Waals surface area contributed by atoms with Gasteiger partial charge in [-0.25, -0.2) is 17.9 Å². The van der Waals surface area contributed by atoms with Crippen LogP contribution >= 0.6 is 11.8 Å². The smallest absolute Gasteiger partial charge is 0.253 e. The number of fused-ring (bicyclic) bond motifs is 1. The predicted octanol–water partition coefficient (Wildman–Crippen LogP) is 2.38. The summed E-state index contributed by atoms with van der Waals surface area (Å²) in [6.07, 6.45) is 1.84. The Morgan fingerprint density at radius 1 is 1.22 bits per heavy atom. The second-order valence-electron chi connectivity index (χ2n) is 7.06. The summed E-state index contributed by atoms with van der Waals surface area (Å²) in [5.41, 5.74) is 2.08. The molecule has 3 aromatic rings. The monoisotopic (exact) mass is 478 g/mol. The SMILES string of the molecule is CCN(CC)S(=O)(=O)c1ccc(O)c(NC(=O)Cc2c(C)nc3nc(SC)nn3c2C)c1. The van der Waals surface area contributed by atoms with Crippen LogP contribution in [0.2, 0.25) is 0 Å². The van der Waals surface area contributed by atoms with Crippen molar-refractivity contribution in [3.8, 4) is 5.75 Å². The first-order valence-electron chi connectivity index (χ1n) is 10.0. The summed E-state index contributed by atoms with van der Waals surface area (Å²) < 4.78 is 28.5. The molecule has 2 N–H and O–H groups in total. The molecule has 12 heteroatoms. The second kappa shape index (κ2) is 9.43. The first kappa shape index (κ1) is 24.0. The molecule has 0 saturated carbocycles. The number of nitrogens with one attached hydrogen (secondary N) is 1. The van der Waals surface area contributed by atoms with Gasteiger partial charge in [-0.05, 0) is 38.3 Å². The van der Waals surface area contributed by atoms with E-state index in [4.69, 9.17) is 0 Å². The molecule has 1 aromatic carbocycles. The largest absolute Gasteiger partial charge is 0.506 e. The number of aromatic hydroxyl groups is 1. The van der Waals surface area contributed by atoms with Gasteiger partial charge in [-0.1, -0.05) is 25.6 Å². The Balaban J connectivity index is 1.88. The van der Waals surface area contributed by atoms with E-state index in [1.54, 1.807) is 25.3 Å². The molecule has 32 heavy (non-hydrogen) atoms. The number of hydrogen-bond acceptors (Lipinski definition) is 8. The number of nitrogens with zero attached hydrogens (tertiary/aromatic N) is 5. The maximum Gasteiger partial charge on any atom is 0.253 e. The number of rotatable bonds is 8. The Kier molecular flexibility index (Phi) is 7.06. The highest BCUT2D eigenvalue weighted by Crippen LogP contribution is 2.28. The fourth-order valence-electron chi connectivity index (χ4n) is 3.38. The van der Waals surface area contributed by atoms with E-state index in [1.165, 1.54) is 34.3 Å². The van der Waals surface area contributed by atoms with E-state index >= 15 is 0 Å². The number of aryl methyl sites for hydroxylation is 2. The normalized spacial score (nSPS) is 11.9. The zero-order chi connectivity index (χ0) is 23.6. The Hall–Kier alpha value is -2.70. The minimum absolute atomic E-state index is 0.00282. The van der Waals surface area contributed by atoms with Crippen molar-refractivity contribution in [2.75, 3.05) is 24.7 Å². The van der Waals surface area contributed by atoms with Gasteiger partial charge >= 0.3 is 0 Å². The lowest BCUT2D eigenvalue weighted by atomic mass is 10.1. The lowest BCUT2D eigenvalue weighted by Crippen LogP contribution is -2.30. The summed E-state index contributed by atoms with van der Waals surface area (Å²) in [5.74, 6) is -0.185. The third-order valence-electron chi connectivity index (χ3n) is 5.13. The zero-order valence-electron chi connectivity index (χ0n) is 18.6. The number of phenolic OH excluding ortho intramolecular Hbond substituents is 1. The molecule has 0 atom stereocenters. The van der Waals surface area contributed by atoms with E-state index in [2.05, 4.69) is 20.4 Å². The van der Waals surface area contributed by atoms with E-state index < -0.39 is 15.9 Å². The van der Waals surface area contributed by atoms with Gasteiger partial charge in [0.05, 0.1) is 17.0 Å². The molecule has 2 aromatic heterocycles. The van der Waals surface area contributed by atoms with Gasteiger partial charge in [0.1, 0.15) is 5.75 Å². The number of thioether (sulfide) groups is 1. The Labute approximate surface area is 191 Å². The van der Waals surface area contributed by atoms with Gasteiger partial charge in [-0.3, -0.25) is 4.79 Å². The van der Waals surface area contributed by atoms with E-state index in [9.17, 15) is 18.3 Å². The standard InChI is InChI=1S/C20H26N6O4S2/c1-6-25(7-2)32(29,30)14-8-9-17(27)16(10-14)22-18(28)11-15-12(3)21-19-23-20(31-5)24-26(19)13(15)4/h8-10,27H,6-7,11H2,1-5H3,(H,22,28). The molecule has 0 unspecified atom stereocenters. The van der Waals surface area contributed by atoms with Gasteiger partial charge in [0, 0.05) is 30.0 Å². The van der Waals surface area contributed by atoms with Crippen molar-refractivity contribution in [3.63, 3.8) is 0 Å². The fraction of sp³-hybridized carbons (Fsp3) is 0.400. The minimum Gasteiger partial charge on any atom is -0.506 e. The number of aromatic nitrogens is 4. The molecule has 0 saturated heterocycles. The quantitative estimate of drug-likeness (QED) is 0.373. The molecular formula is C20H26N6O4S2. The van der Waals surface area contributed by atoms with Crippen LogP contribution in [0.3, 0.4) is 0 Å². The summed E-state index contributed by atoms with van der Waals surface area (Å²) in [6.45, 7) is 7.75. The van der Waals surface area contributed by atoms with Gasteiger partial charge in [0.15, 0.2) is 0 Å². The third kappa shape index (κ3) is 4.57. The molecule has 0 fully saturated rings. The van der Waals surface area contributed by atoms with Crippen LogP contribution in [0.25, 0.3) is 5.78 Å². The van der Waals surface area contributed by atoms with Crippen LogP contribution in [0.15, 0.2) is 28.3 Å². The number of benzene rings is 1. The van der Waals surface area contributed by atoms with E-state index in [0.717, 1.165) is 5.69 Å². The van der Waals surface area contributed by atoms with Crippen molar-refractivity contribution in [2.45, 2.75) is 44.2 Å². The first-order chi connectivity index (χ1) is 15.1. The topological polar surface area (TPSA) is 130 Å². The Morgan fingerprint density at radius 2 is 1.91 bits per heavy atom. The summed E-state index contributed by atoms with van der Waals surface area (Å²) in [7, 11) is -3.73. The minimum atomic E-state index is -3.73. The molecule has 2 heterocycles. The van der Waals surface area contributed by atoms with Crippen LogP contribution in [-0.2, 0) is 21.2 Å². The lowest BCUT2D eigenvalue weighted by Gasteiger charge is -2.19. The van der Waals surface area contributed by atoms with Crippen LogP contribution in [0.5, 0.6) is 5.75 Å². The van der Waals surface area contributed by atoms with E-state index in [0.29, 0.717) is 35.3 Å². The third-order valence-corrected chi connectivity index (χ3v) is 7.72. The average Bonchev–Trinajstić information content (AvgIpc) is 3.16. The fourth-order valence-corrected chi connectivity index (χ4v) is 5.20. The molecular weight excluding hydrogens is 452 g/mol. The van der Waals surface area contributed by atoms with Crippen molar-refractivity contribution in [3.05, 3.63) is 35.2 Å². The van der Waals surface area contributed by atoms with Gasteiger partial charge in [0.2, 0.25) is 21.1 Å². The highest BCUT2D eigenvalue weighted by Gasteiger charge is 2.23. The Morgan fingerprint density at radius 3 is 2.53 bits per heavy atom. The highest BCUT2D eigenvalue weighted by molar-refractivity contribution is 7.98. The number of amides is 1. The first-order valence-corrected chi connectivity index (χ1v) is 12.7. The molecule has 3 rings (SSSR count). The number of anilines is 1. The summed E-state index contributed by atoms with van der Waals surface area (Å²) in [4.78, 5) is 21.5. The highest BCUT2D eigenvalue weighted by atomic mass is 32.2. The van der Waals surface area contributed by atoms with Crippen LogP contribution in [0, 0.1) is 13.8 Å². The van der Waals surface area contributed by atoms with Crippen molar-refractivity contribution < 1.29 is 18.3 Å². The summed E-state index contributed by atoms with van der Waals surface area (Å²) in [6, 6.07) is 3.85. The maximum atomic E-state index is 12.8. The van der Waals surface area contributed by atoms with Crippen LogP contribution in [0.4, 0.5) is 5.69 Å². The molecule has 0 aliphatic rings. The van der Waals surface area contributed by atoms with Crippen LogP contribution in [-0.4, -0.2) is 62.7 Å². The average molecular weight is 479 g/mol. The number of hydrogen-bond donors (Lipinski definition) is 2. The van der Waals surface area contributed by atoms with Crippen molar-refractivity contribution in [1.29, 1.82) is 0 Å². The lowest BCUT2D eigenvalue weighted by molar-refractivity contribution is -0.115. The number of carbonyl (C=O) groups is 1. The number of carbonyl (C=O) groups excluding carboxylic acids is 1. The predicted molar refractivity (Wildman–Crippen MR) is 123 cm³/mol. The number of phenols is 1. The van der Waals surface area contributed by atoms with E-state index in [-0.39, 0.29) is 22.8 Å². The molecule has 0 aliphatic carbocycles. The molecule has 172 valence electrons. The summed E-state index contributed by atoms with van der Waals surface area (Å²) in [5, 5.41) is 17.8. The number of sulfonamides is 1. The molecule has 0 radical (unpaired) electrons. The molecule has 0 aliphatic heterocycles. The van der Waals surface area contributed by atoms with Gasteiger partial charge in [0.25, 0.3) is 5.78 Å². The van der Waals surface area contributed by atoms with Gasteiger partial charge in [-0.15, -0.1) is 5.10 Å². The Bertz CT molecular complexity index is 1270. The van der Waals surface area contributed by atoms with Crippen molar-refractivity contribution >= 4 is 39.2 Å². The molecule has 0 spiro atoms. The van der Waals surface area contributed by atoms with Crippen LogP contribution in [0.1, 0.15) is 30.8 Å². The van der Waals surface area contributed by atoms with Gasteiger partial charge in [-0.2, -0.15) is 9.29 Å². The zero-order valence-corrected chi connectivity index (χ0v) is 20.2. The van der Waals surface area contributed by atoms with Crippen molar-refractivity contribution in [1.82, 2.24) is 23.9 Å². The second-order valence-corrected chi connectivity index (χ2v) is 9.78. The summed E-state index contributed by atoms with van der Waals surface area (Å²) >= 11 is 1.40. The maximum absolute atomic E-state index is 12.8. The van der Waals surface area contributed by atoms with Gasteiger partial charge < -0.3 is 10.4 Å².